The number of hydrogen-bond acceptors (Lipinski definition) is 6. The standard InChI is InChI=1S/C19H17NO5S/c1-23-13-5-4-6-14(11-13)24-9-10-25-17-8-3-2-7-15(17)18-20-16(12-26-18)19(21)22/h2-8,11-12H,9-10H2,1H3,(H,21,22). The Morgan fingerprint density at radius 3 is 2.62 bits per heavy atom. The fourth-order valence-electron chi connectivity index (χ4n) is 2.27. The van der Waals surface area contributed by atoms with Crippen LogP contribution in [0.15, 0.2) is 53.9 Å². The summed E-state index contributed by atoms with van der Waals surface area (Å²) < 4.78 is 16.6. The lowest BCUT2D eigenvalue weighted by atomic mass is 10.2. The van der Waals surface area contributed by atoms with E-state index in [1.807, 2.05) is 42.5 Å². The molecule has 0 aliphatic carbocycles. The lowest BCUT2D eigenvalue weighted by Gasteiger charge is -2.11. The van der Waals surface area contributed by atoms with Crippen molar-refractivity contribution in [2.45, 2.75) is 0 Å². The van der Waals surface area contributed by atoms with Crippen LogP contribution in [0.2, 0.25) is 0 Å². The van der Waals surface area contributed by atoms with Gasteiger partial charge in [-0.1, -0.05) is 18.2 Å². The average Bonchev–Trinajstić information content (AvgIpc) is 3.16. The maximum absolute atomic E-state index is 11.0. The zero-order valence-corrected chi connectivity index (χ0v) is 14.9. The number of thiazole rings is 1. The van der Waals surface area contributed by atoms with Gasteiger partial charge >= 0.3 is 5.97 Å². The Morgan fingerprint density at radius 1 is 1.08 bits per heavy atom. The van der Waals surface area contributed by atoms with E-state index in [0.29, 0.717) is 29.7 Å². The van der Waals surface area contributed by atoms with Gasteiger partial charge in [0.2, 0.25) is 0 Å². The predicted octanol–water partition coefficient (Wildman–Crippen LogP) is 3.97. The van der Waals surface area contributed by atoms with Crippen molar-refractivity contribution in [1.29, 1.82) is 0 Å². The van der Waals surface area contributed by atoms with Crippen LogP contribution >= 0.6 is 11.3 Å². The highest BCUT2D eigenvalue weighted by Gasteiger charge is 2.13. The van der Waals surface area contributed by atoms with E-state index >= 15 is 0 Å². The molecule has 3 rings (SSSR count). The van der Waals surface area contributed by atoms with Crippen LogP contribution in [0.3, 0.4) is 0 Å². The summed E-state index contributed by atoms with van der Waals surface area (Å²) in [5, 5.41) is 11.1. The van der Waals surface area contributed by atoms with Crippen LogP contribution in [0.1, 0.15) is 10.5 Å². The predicted molar refractivity (Wildman–Crippen MR) is 98.5 cm³/mol. The summed E-state index contributed by atoms with van der Waals surface area (Å²) in [6, 6.07) is 14.7. The molecule has 26 heavy (non-hydrogen) atoms. The van der Waals surface area contributed by atoms with Gasteiger partial charge in [-0.2, -0.15) is 0 Å². The normalized spacial score (nSPS) is 10.3. The molecule has 3 aromatic rings. The molecule has 1 N–H and O–H groups in total. The lowest BCUT2D eigenvalue weighted by molar-refractivity contribution is 0.0691. The number of para-hydroxylation sites is 1. The number of benzene rings is 2. The van der Waals surface area contributed by atoms with Crippen molar-refractivity contribution in [1.82, 2.24) is 4.98 Å². The number of methoxy groups -OCH3 is 1. The Bertz CT molecular complexity index is 893. The van der Waals surface area contributed by atoms with Gasteiger partial charge in [0.1, 0.15) is 35.5 Å². The molecule has 0 atom stereocenters. The Kier molecular flexibility index (Phi) is 5.70. The van der Waals surface area contributed by atoms with E-state index in [1.54, 1.807) is 13.2 Å². The highest BCUT2D eigenvalue weighted by molar-refractivity contribution is 7.13. The molecule has 0 saturated heterocycles. The maximum atomic E-state index is 11.0. The SMILES string of the molecule is COc1cccc(OCCOc2ccccc2-c2nc(C(=O)O)cs2)c1. The van der Waals surface area contributed by atoms with Crippen molar-refractivity contribution < 1.29 is 24.1 Å². The summed E-state index contributed by atoms with van der Waals surface area (Å²) in [6.45, 7) is 0.700. The van der Waals surface area contributed by atoms with Crippen LogP contribution in [0, 0.1) is 0 Å². The number of hydrogen-bond donors (Lipinski definition) is 1. The minimum atomic E-state index is -1.04. The Morgan fingerprint density at radius 2 is 1.85 bits per heavy atom. The summed E-state index contributed by atoms with van der Waals surface area (Å²) in [7, 11) is 1.60. The molecule has 0 aliphatic heterocycles. The van der Waals surface area contributed by atoms with Crippen LogP contribution in [-0.2, 0) is 0 Å². The molecule has 0 spiro atoms. The van der Waals surface area contributed by atoms with Gasteiger partial charge in [0.15, 0.2) is 5.69 Å². The van der Waals surface area contributed by atoms with E-state index in [1.165, 1.54) is 16.7 Å². The Hall–Kier alpha value is -3.06. The second-order valence-electron chi connectivity index (χ2n) is 5.22. The first-order valence-electron chi connectivity index (χ1n) is 7.85. The van der Waals surface area contributed by atoms with Crippen molar-refractivity contribution >= 4 is 17.3 Å². The van der Waals surface area contributed by atoms with Gasteiger partial charge in [-0.25, -0.2) is 9.78 Å². The van der Waals surface area contributed by atoms with Crippen molar-refractivity contribution in [2.24, 2.45) is 0 Å². The number of aromatic nitrogens is 1. The minimum Gasteiger partial charge on any atom is -0.497 e. The van der Waals surface area contributed by atoms with E-state index in [4.69, 9.17) is 19.3 Å². The van der Waals surface area contributed by atoms with E-state index in [0.717, 1.165) is 11.3 Å². The third-order valence-corrected chi connectivity index (χ3v) is 4.37. The maximum Gasteiger partial charge on any atom is 0.355 e. The topological polar surface area (TPSA) is 77.9 Å². The first-order chi connectivity index (χ1) is 12.7. The number of aromatic carboxylic acids is 1. The van der Waals surface area contributed by atoms with Crippen LogP contribution in [-0.4, -0.2) is 36.4 Å². The molecule has 1 heterocycles. The fraction of sp³-hybridized carbons (Fsp3) is 0.158. The quantitative estimate of drug-likeness (QED) is 0.604. The second kappa shape index (κ2) is 8.35. The number of carboxylic acids is 1. The summed E-state index contributed by atoms with van der Waals surface area (Å²) >= 11 is 1.27. The van der Waals surface area contributed by atoms with Gasteiger partial charge in [0, 0.05) is 11.4 Å². The third kappa shape index (κ3) is 4.31. The molecule has 2 aromatic carbocycles. The lowest BCUT2D eigenvalue weighted by Crippen LogP contribution is -2.09. The molecule has 0 saturated carbocycles. The summed E-state index contributed by atoms with van der Waals surface area (Å²) in [6.07, 6.45) is 0. The van der Waals surface area contributed by atoms with Gasteiger partial charge in [0.05, 0.1) is 12.7 Å². The molecule has 6 nitrogen and oxygen atoms in total. The van der Waals surface area contributed by atoms with Gasteiger partial charge < -0.3 is 19.3 Å². The molecule has 0 unspecified atom stereocenters. The molecule has 0 radical (unpaired) electrons. The summed E-state index contributed by atoms with van der Waals surface area (Å²) in [5.41, 5.74) is 0.785. The largest absolute Gasteiger partial charge is 0.497 e. The van der Waals surface area contributed by atoms with E-state index < -0.39 is 5.97 Å². The molecule has 0 aliphatic rings. The number of carboxylic acid groups (broad SMARTS) is 1. The van der Waals surface area contributed by atoms with E-state index in [2.05, 4.69) is 4.98 Å². The van der Waals surface area contributed by atoms with Crippen molar-refractivity contribution in [3.63, 3.8) is 0 Å². The number of carbonyl (C=O) groups is 1. The van der Waals surface area contributed by atoms with Crippen LogP contribution in [0.4, 0.5) is 0 Å². The van der Waals surface area contributed by atoms with Gasteiger partial charge in [-0.3, -0.25) is 0 Å². The van der Waals surface area contributed by atoms with Crippen LogP contribution < -0.4 is 14.2 Å². The Balaban J connectivity index is 1.62. The number of ether oxygens (including phenoxy) is 3. The molecule has 0 fully saturated rings. The number of nitrogens with zero attached hydrogens (tertiary/aromatic N) is 1. The molecular weight excluding hydrogens is 354 g/mol. The van der Waals surface area contributed by atoms with Gasteiger partial charge in [0.25, 0.3) is 0 Å². The summed E-state index contributed by atoms with van der Waals surface area (Å²) in [5.74, 6) is 1.02. The molecule has 0 amide bonds. The molecule has 134 valence electrons. The zero-order chi connectivity index (χ0) is 18.4. The smallest absolute Gasteiger partial charge is 0.355 e. The summed E-state index contributed by atoms with van der Waals surface area (Å²) in [4.78, 5) is 15.1. The van der Waals surface area contributed by atoms with Crippen molar-refractivity contribution in [2.75, 3.05) is 20.3 Å². The van der Waals surface area contributed by atoms with Crippen LogP contribution in [0.5, 0.6) is 17.2 Å². The highest BCUT2D eigenvalue weighted by atomic mass is 32.1. The average molecular weight is 371 g/mol. The number of rotatable bonds is 8. The molecule has 0 bridgehead atoms. The van der Waals surface area contributed by atoms with Crippen molar-refractivity contribution in [3.05, 3.63) is 59.6 Å². The zero-order valence-electron chi connectivity index (χ0n) is 14.0. The van der Waals surface area contributed by atoms with Gasteiger partial charge in [-0.15, -0.1) is 11.3 Å². The van der Waals surface area contributed by atoms with E-state index in [-0.39, 0.29) is 5.69 Å². The molecule has 7 heteroatoms. The minimum absolute atomic E-state index is 0.0289. The van der Waals surface area contributed by atoms with Crippen molar-refractivity contribution in [3.8, 4) is 27.8 Å². The third-order valence-electron chi connectivity index (χ3n) is 3.49. The first kappa shape index (κ1) is 17.8. The second-order valence-corrected chi connectivity index (χ2v) is 6.07. The monoisotopic (exact) mass is 371 g/mol. The van der Waals surface area contributed by atoms with Gasteiger partial charge in [-0.05, 0) is 24.3 Å². The highest BCUT2D eigenvalue weighted by Crippen LogP contribution is 2.32. The fourth-order valence-corrected chi connectivity index (χ4v) is 3.09. The van der Waals surface area contributed by atoms with E-state index in [9.17, 15) is 4.79 Å². The molecular formula is C19H17NO5S. The first-order valence-corrected chi connectivity index (χ1v) is 8.73. The Labute approximate surface area is 154 Å². The van der Waals surface area contributed by atoms with Crippen LogP contribution in [0.25, 0.3) is 10.6 Å². The molecule has 1 aromatic heterocycles.